The monoisotopic (exact) mass is 1610 g/mol. The van der Waals surface area contributed by atoms with Gasteiger partial charge in [0.25, 0.3) is 0 Å². The largest absolute Gasteiger partial charge is 0.454 e. The highest BCUT2D eigenvalue weighted by molar-refractivity contribution is 6.40. The summed E-state index contributed by atoms with van der Waals surface area (Å²) in [4.78, 5) is 18.4. The van der Waals surface area contributed by atoms with Gasteiger partial charge in [0.05, 0.1) is 40.5 Å². The van der Waals surface area contributed by atoms with Crippen LogP contribution in [0.3, 0.4) is 0 Å². The van der Waals surface area contributed by atoms with E-state index >= 15 is 0 Å². The third-order valence-corrected chi connectivity index (χ3v) is 28.6. The second kappa shape index (κ2) is 27.5. The van der Waals surface area contributed by atoms with E-state index in [2.05, 4.69) is 440 Å². The lowest BCUT2D eigenvalue weighted by Gasteiger charge is -2.43. The van der Waals surface area contributed by atoms with E-state index in [1.54, 1.807) is 0 Å². The van der Waals surface area contributed by atoms with E-state index in [1.165, 1.54) is 77.4 Å². The molecule has 5 heterocycles. The zero-order valence-corrected chi connectivity index (χ0v) is 68.5. The average Bonchev–Trinajstić information content (AvgIpc) is 1.14. The van der Waals surface area contributed by atoms with Crippen molar-refractivity contribution in [3.63, 3.8) is 0 Å². The van der Waals surface area contributed by atoms with Crippen LogP contribution in [0, 0.1) is 17.8 Å². The summed E-state index contributed by atoms with van der Waals surface area (Å²) in [7, 11) is 0. The van der Waals surface area contributed by atoms with Crippen LogP contribution in [0.4, 0.5) is 28.4 Å². The topological polar surface area (TPSA) is 61.8 Å². The van der Waals surface area contributed by atoms with Gasteiger partial charge in [0.1, 0.15) is 5.58 Å². The van der Waals surface area contributed by atoms with Crippen molar-refractivity contribution in [1.29, 1.82) is 0 Å². The molecule has 15 aromatic carbocycles. The lowest BCUT2D eigenvalue weighted by Crippen LogP contribution is -2.42. The minimum Gasteiger partial charge on any atom is -0.454 e. The molecule has 27 rings (SSSR count). The highest BCUT2D eigenvalue weighted by Gasteiger charge is 2.63. The zero-order valence-electron chi connectivity index (χ0n) is 68.5. The molecule has 6 atom stereocenters. The van der Waals surface area contributed by atoms with Gasteiger partial charge < -0.3 is 23.5 Å². The van der Waals surface area contributed by atoms with Crippen LogP contribution in [-0.4, -0.2) is 22.1 Å². The molecule has 7 heteroatoms. The average molecular weight is 1610 g/mol. The van der Waals surface area contributed by atoms with Gasteiger partial charge in [0, 0.05) is 85.5 Å². The van der Waals surface area contributed by atoms with Crippen LogP contribution in [0.25, 0.3) is 154 Å². The molecule has 0 saturated heterocycles. The van der Waals surface area contributed by atoms with E-state index in [4.69, 9.17) is 18.8 Å². The van der Waals surface area contributed by atoms with Gasteiger partial charge in [-0.15, -0.1) is 0 Å². The fraction of sp³-hybridized carbons (Fsp3) is 0.0588. The summed E-state index contributed by atoms with van der Waals surface area (Å²) < 4.78 is 16.3. The van der Waals surface area contributed by atoms with Crippen LogP contribution >= 0.6 is 0 Å². The van der Waals surface area contributed by atoms with E-state index in [0.717, 1.165) is 144 Å². The van der Waals surface area contributed by atoms with Gasteiger partial charge in [-0.3, -0.25) is 0 Å². The number of allylic oxidation sites excluding steroid dienone is 22. The van der Waals surface area contributed by atoms with Gasteiger partial charge >= 0.3 is 0 Å². The quantitative estimate of drug-likeness (QED) is 0.120. The molecular weight excluding hydrogens is 1530 g/mol. The summed E-state index contributed by atoms with van der Waals surface area (Å²) >= 11 is 0. The van der Waals surface area contributed by atoms with Gasteiger partial charge in [-0.1, -0.05) is 322 Å². The SMILES string of the molecule is C1=CC2=C3C=CC=CC3C3(c4cccc(N(c5ccc(-c6ccccc6)cc5)c5ccc6c7ccc(N8C=CC=C9C(c%10ccc%11ccccc%11c%10)=CC=CC98)c8oc9c(N%10C=CC=C%11C=C(c%12ccccc%12-c%12ccccc%12)C=CC%11%10)ccc(c%10c(-c%11ccnc(-c%12cccc%13cc%14ccccc%14cc%12%13)n%11)ccc%11oc5c6c%11%10)c9c87)c4C4C=CC=CC43)C2C=C1. The van der Waals surface area contributed by atoms with Gasteiger partial charge in [0.15, 0.2) is 22.6 Å². The Hall–Kier alpha value is -16.0. The van der Waals surface area contributed by atoms with Crippen molar-refractivity contribution in [2.75, 3.05) is 14.7 Å². The zero-order chi connectivity index (χ0) is 82.4. The van der Waals surface area contributed by atoms with Crippen molar-refractivity contribution >= 4 is 137 Å². The molecule has 0 bridgehead atoms. The Bertz CT molecular complexity index is 8280. The van der Waals surface area contributed by atoms with Crippen LogP contribution in [0.2, 0.25) is 0 Å². The summed E-state index contributed by atoms with van der Waals surface area (Å²) in [6, 6.07) is 102. The lowest BCUT2D eigenvalue weighted by molar-refractivity contribution is 0.248. The highest BCUT2D eigenvalue weighted by Crippen LogP contribution is 2.70. The normalized spacial score (nSPS) is 20.4. The molecule has 1 spiro atoms. The number of nitrogens with zero attached hydrogens (tertiary/aromatic N) is 5. The smallest absolute Gasteiger partial charge is 0.160 e. The van der Waals surface area contributed by atoms with Crippen LogP contribution in [0.15, 0.2) is 462 Å². The Morgan fingerprint density at radius 2 is 1.02 bits per heavy atom. The first-order valence-electron chi connectivity index (χ1n) is 44.0. The molecule has 9 aliphatic rings. The van der Waals surface area contributed by atoms with Gasteiger partial charge in [-0.2, -0.15) is 0 Å². The summed E-state index contributed by atoms with van der Waals surface area (Å²) in [5.74, 6) is 1.11. The second-order valence-corrected chi connectivity index (χ2v) is 34.7. The van der Waals surface area contributed by atoms with E-state index in [9.17, 15) is 0 Å². The van der Waals surface area contributed by atoms with Crippen molar-refractivity contribution in [1.82, 2.24) is 9.97 Å². The molecule has 0 amide bonds. The summed E-state index contributed by atoms with van der Waals surface area (Å²) in [5.41, 5.74) is 27.6. The Morgan fingerprint density at radius 1 is 0.373 bits per heavy atom. The fourth-order valence-electron chi connectivity index (χ4n) is 23.3. The lowest BCUT2D eigenvalue weighted by atomic mass is 9.58. The number of hydrogen-bond acceptors (Lipinski definition) is 7. The third kappa shape index (κ3) is 10.3. The molecule has 590 valence electrons. The van der Waals surface area contributed by atoms with Gasteiger partial charge in [-0.25, -0.2) is 9.97 Å². The number of aromatic nitrogens is 2. The van der Waals surface area contributed by atoms with Crippen LogP contribution in [0.5, 0.6) is 0 Å². The van der Waals surface area contributed by atoms with Crippen molar-refractivity contribution in [2.24, 2.45) is 17.8 Å². The third-order valence-electron chi connectivity index (χ3n) is 28.6. The van der Waals surface area contributed by atoms with Gasteiger partial charge in [-0.05, 0) is 223 Å². The molecule has 3 aromatic heterocycles. The Labute approximate surface area is 727 Å². The maximum atomic E-state index is 8.23. The molecule has 0 N–H and O–H groups in total. The van der Waals surface area contributed by atoms with Crippen molar-refractivity contribution in [2.45, 2.75) is 23.4 Å². The minimum atomic E-state index is -0.324. The highest BCUT2D eigenvalue weighted by atomic mass is 16.3. The van der Waals surface area contributed by atoms with Crippen molar-refractivity contribution < 1.29 is 8.83 Å². The van der Waals surface area contributed by atoms with Crippen molar-refractivity contribution in [3.8, 4) is 44.9 Å². The minimum absolute atomic E-state index is 0.0413. The standard InChI is InChI=1S/C119H77N5O2/c1-3-24-72(25-4-1)74-50-53-83(54-51-74)124(104-47-21-45-100-110(104)93-38-15-18-44-99(93)119(100)97-42-16-13-36-87(97)88-37-14-17-43-98(88)119)107-62-56-91-90-55-60-106(123-67-23-41-89-86(39-20-46-103(89)123)80-49-48-73-26-7-8-29-76(73)68-80)115-111(90)113-95(57-61-105(116(113)126-115)122-66-22-33-82-70-81(52-59-102(82)122)85-35-12-11-34-84(85)75-27-5-2-6-28-75)109-94(58-63-108-114(109)112(91)117(107)125-108)101-64-65-120-118(121-101)92-40-19-32-79-69-77-30-9-10-31-78(77)71-96(79)92/h1-71,93,97-99,102-103H. The number of furan rings is 2. The van der Waals surface area contributed by atoms with E-state index in [0.29, 0.717) is 5.82 Å². The molecule has 0 fully saturated rings. The summed E-state index contributed by atoms with van der Waals surface area (Å²) in [5, 5.41) is 15.0. The predicted molar refractivity (Wildman–Crippen MR) is 523 cm³/mol. The Morgan fingerprint density at radius 3 is 1.82 bits per heavy atom. The number of hydrogen-bond donors (Lipinski definition) is 0. The summed E-state index contributed by atoms with van der Waals surface area (Å²) in [6.45, 7) is 0. The maximum absolute atomic E-state index is 8.23. The fourth-order valence-corrected chi connectivity index (χ4v) is 23.3. The second-order valence-electron chi connectivity index (χ2n) is 34.7. The Kier molecular flexibility index (Phi) is 15.4. The molecule has 6 unspecified atom stereocenters. The summed E-state index contributed by atoms with van der Waals surface area (Å²) in [6.07, 6.45) is 57.8. The first-order valence-corrected chi connectivity index (χ1v) is 44.0. The number of anilines is 5. The first-order chi connectivity index (χ1) is 62.5. The number of fused-ring (bicyclic) bond motifs is 16. The van der Waals surface area contributed by atoms with E-state index in [1.807, 2.05) is 6.20 Å². The molecule has 126 heavy (non-hydrogen) atoms. The molecule has 0 saturated carbocycles. The molecular formula is C119H77N5O2. The van der Waals surface area contributed by atoms with Crippen LogP contribution < -0.4 is 14.7 Å². The van der Waals surface area contributed by atoms with E-state index in [-0.39, 0.29) is 41.2 Å². The van der Waals surface area contributed by atoms with Crippen LogP contribution in [0.1, 0.15) is 28.2 Å². The number of rotatable bonds is 11. The molecule has 7 nitrogen and oxygen atoms in total. The van der Waals surface area contributed by atoms with Crippen LogP contribution in [-0.2, 0) is 5.41 Å². The first kappa shape index (κ1) is 70.7. The van der Waals surface area contributed by atoms with E-state index < -0.39 is 0 Å². The maximum Gasteiger partial charge on any atom is 0.160 e. The van der Waals surface area contributed by atoms with Crippen molar-refractivity contribution in [3.05, 3.63) is 476 Å². The number of benzene rings is 14. The molecule has 0 radical (unpaired) electrons. The molecule has 7 aliphatic carbocycles. The predicted octanol–water partition coefficient (Wildman–Crippen LogP) is 30.1. The van der Waals surface area contributed by atoms with Gasteiger partial charge in [0.2, 0.25) is 0 Å². The molecule has 2 aliphatic heterocycles. The molecule has 18 aromatic rings. The Balaban J connectivity index is 0.730.